The fraction of sp³-hybridized carbons (Fsp3) is 0.368. The zero-order valence-electron chi connectivity index (χ0n) is 17.0. The van der Waals surface area contributed by atoms with E-state index < -0.39 is 31.1 Å². The molecule has 6 N–H and O–H groups in total. The van der Waals surface area contributed by atoms with Crippen LogP contribution in [0.15, 0.2) is 24.7 Å². The van der Waals surface area contributed by atoms with Gasteiger partial charge in [-0.05, 0) is 24.4 Å². The summed E-state index contributed by atoms with van der Waals surface area (Å²) in [5.41, 5.74) is 12.0. The van der Waals surface area contributed by atoms with Gasteiger partial charge in [0.2, 0.25) is 11.8 Å². The van der Waals surface area contributed by atoms with Crippen LogP contribution in [0.5, 0.6) is 11.5 Å². The molecule has 1 atom stereocenters. The van der Waals surface area contributed by atoms with Crippen molar-refractivity contribution >= 4 is 24.9 Å². The lowest BCUT2D eigenvalue weighted by molar-refractivity contribution is -0.141. The Hall–Kier alpha value is -3.58. The van der Waals surface area contributed by atoms with Crippen molar-refractivity contribution in [2.45, 2.75) is 31.4 Å². The molecule has 3 heterocycles. The number of carboxylic acids is 1. The van der Waals surface area contributed by atoms with Gasteiger partial charge < -0.3 is 40.5 Å². The Bertz CT molecular complexity index is 1070. The van der Waals surface area contributed by atoms with Gasteiger partial charge in [-0.15, -0.1) is 0 Å². The van der Waals surface area contributed by atoms with Crippen LogP contribution in [0.1, 0.15) is 27.7 Å². The molecule has 1 aromatic carbocycles. The molecule has 1 saturated heterocycles. The summed E-state index contributed by atoms with van der Waals surface area (Å²) in [6.07, 6.45) is 3.31. The summed E-state index contributed by atoms with van der Waals surface area (Å²) in [7, 11) is -1.07. The topological polar surface area (TPSA) is 183 Å². The van der Waals surface area contributed by atoms with E-state index in [0.29, 0.717) is 24.0 Å². The van der Waals surface area contributed by atoms with Gasteiger partial charge in [0, 0.05) is 6.20 Å². The van der Waals surface area contributed by atoms with Gasteiger partial charge in [-0.3, -0.25) is 9.59 Å². The van der Waals surface area contributed by atoms with Crippen LogP contribution in [-0.2, 0) is 22.6 Å². The average Bonchev–Trinajstić information content (AvgIpc) is 3.16. The lowest BCUT2D eigenvalue weighted by Crippen LogP contribution is -2.58. The second kappa shape index (κ2) is 8.51. The molecule has 12 nitrogen and oxygen atoms in total. The first-order valence-corrected chi connectivity index (χ1v) is 9.97. The number of nitrogens with zero attached hydrogens (tertiary/aromatic N) is 3. The zero-order valence-corrected chi connectivity index (χ0v) is 17.0. The van der Waals surface area contributed by atoms with Gasteiger partial charge in [0.05, 0.1) is 25.1 Å². The van der Waals surface area contributed by atoms with Crippen molar-refractivity contribution in [1.82, 2.24) is 14.5 Å². The predicted octanol–water partition coefficient (Wildman–Crippen LogP) is -1.23. The van der Waals surface area contributed by atoms with Gasteiger partial charge in [-0.1, -0.05) is 6.07 Å². The van der Waals surface area contributed by atoms with E-state index in [1.54, 1.807) is 12.1 Å². The summed E-state index contributed by atoms with van der Waals surface area (Å²) < 4.78 is 12.6. The Kier molecular flexibility index (Phi) is 5.76. The minimum absolute atomic E-state index is 0.0685. The number of hydrogen-bond donors (Lipinski definition) is 4. The monoisotopic (exact) mass is 443 g/mol. The molecule has 2 aromatic rings. The summed E-state index contributed by atoms with van der Waals surface area (Å²) >= 11 is 0. The molecule has 13 heteroatoms. The van der Waals surface area contributed by atoms with Gasteiger partial charge >= 0.3 is 13.1 Å². The fourth-order valence-corrected chi connectivity index (χ4v) is 3.71. The van der Waals surface area contributed by atoms with Crippen LogP contribution in [0.25, 0.3) is 0 Å². The molecule has 2 aliphatic heterocycles. The first-order valence-electron chi connectivity index (χ1n) is 9.97. The molecule has 32 heavy (non-hydrogen) atoms. The molecule has 0 aliphatic carbocycles. The standard InChI is InChI=1S/C19H22BN5O7/c21-14(26)8-24-7-12(23-9-24)16(22)18(27)25-5-11(6-25)31-13-2-1-10-3-4-20(30)32-17(10)15(13)19(28)29/h1-2,7,9,11,16,30H,3-6,8,22H2,(H2,21,26)(H,28,29). The summed E-state index contributed by atoms with van der Waals surface area (Å²) in [5.74, 6) is -1.93. The average molecular weight is 443 g/mol. The third-order valence-electron chi connectivity index (χ3n) is 5.36. The van der Waals surface area contributed by atoms with Crippen molar-refractivity contribution < 1.29 is 33.9 Å². The number of rotatable bonds is 7. The van der Waals surface area contributed by atoms with Gasteiger partial charge in [0.1, 0.15) is 35.8 Å². The number of aryl methyl sites for hydroxylation is 1. The van der Waals surface area contributed by atoms with Crippen LogP contribution in [0.2, 0.25) is 6.32 Å². The Labute approximate surface area is 182 Å². The molecule has 0 spiro atoms. The van der Waals surface area contributed by atoms with E-state index in [4.69, 9.17) is 20.9 Å². The largest absolute Gasteiger partial charge is 0.535 e. The molecule has 0 bridgehead atoms. The molecule has 1 unspecified atom stereocenters. The first kappa shape index (κ1) is 21.6. The molecule has 2 amide bonds. The first-order chi connectivity index (χ1) is 15.2. The Balaban J connectivity index is 1.39. The number of fused-ring (bicyclic) bond motifs is 1. The van der Waals surface area contributed by atoms with Crippen molar-refractivity contribution in [2.75, 3.05) is 13.1 Å². The fourth-order valence-electron chi connectivity index (χ4n) is 3.71. The second-order valence-corrected chi connectivity index (χ2v) is 7.74. The molecule has 0 radical (unpaired) electrons. The van der Waals surface area contributed by atoms with Crippen LogP contribution >= 0.6 is 0 Å². The van der Waals surface area contributed by atoms with Gasteiger partial charge in [-0.2, -0.15) is 0 Å². The van der Waals surface area contributed by atoms with Gasteiger partial charge in [-0.25, -0.2) is 9.78 Å². The Morgan fingerprint density at radius 3 is 2.78 bits per heavy atom. The van der Waals surface area contributed by atoms with Crippen molar-refractivity contribution in [1.29, 1.82) is 0 Å². The highest BCUT2D eigenvalue weighted by molar-refractivity contribution is 6.44. The highest BCUT2D eigenvalue weighted by Crippen LogP contribution is 2.37. The number of hydrogen-bond acceptors (Lipinski definition) is 8. The summed E-state index contributed by atoms with van der Waals surface area (Å²) in [4.78, 5) is 40.9. The van der Waals surface area contributed by atoms with E-state index in [1.165, 1.54) is 22.0 Å². The van der Waals surface area contributed by atoms with Crippen molar-refractivity contribution in [3.05, 3.63) is 41.5 Å². The molecule has 4 rings (SSSR count). The molecular formula is C19H22BN5O7. The van der Waals surface area contributed by atoms with Crippen LogP contribution in [0.4, 0.5) is 0 Å². The van der Waals surface area contributed by atoms with E-state index >= 15 is 0 Å². The minimum Gasteiger partial charge on any atom is -0.535 e. The number of amides is 2. The SMILES string of the molecule is NC(=O)Cn1cnc(C(N)C(=O)N2CC(Oc3ccc4c(c3C(=O)O)OB(O)CC4)C2)c1. The number of carbonyl (C=O) groups excluding carboxylic acids is 2. The van der Waals surface area contributed by atoms with Gasteiger partial charge in [0.25, 0.3) is 0 Å². The maximum Gasteiger partial charge on any atom is 0.522 e. The number of carboxylic acid groups (broad SMARTS) is 1. The van der Waals surface area contributed by atoms with E-state index in [1.807, 2.05) is 0 Å². The quantitative estimate of drug-likeness (QED) is 0.381. The number of imidazole rings is 1. The minimum atomic E-state index is -1.23. The zero-order chi connectivity index (χ0) is 23.0. The summed E-state index contributed by atoms with van der Waals surface area (Å²) in [6.45, 7) is 0.364. The molecule has 0 saturated carbocycles. The number of benzene rings is 1. The third kappa shape index (κ3) is 4.25. The van der Waals surface area contributed by atoms with Crippen LogP contribution in [0.3, 0.4) is 0 Å². The van der Waals surface area contributed by atoms with E-state index in [2.05, 4.69) is 4.98 Å². The normalized spacial score (nSPS) is 16.6. The molecular weight excluding hydrogens is 421 g/mol. The second-order valence-electron chi connectivity index (χ2n) is 7.74. The van der Waals surface area contributed by atoms with E-state index in [-0.39, 0.29) is 42.6 Å². The van der Waals surface area contributed by atoms with Crippen LogP contribution < -0.4 is 20.9 Å². The maximum atomic E-state index is 12.6. The number of primary amides is 1. The number of likely N-dealkylation sites (tertiary alicyclic amines) is 1. The summed E-state index contributed by atoms with van der Waals surface area (Å²) in [6, 6.07) is 2.26. The lowest BCUT2D eigenvalue weighted by atomic mass is 9.78. The third-order valence-corrected chi connectivity index (χ3v) is 5.36. The predicted molar refractivity (Wildman–Crippen MR) is 110 cm³/mol. The smallest absolute Gasteiger partial charge is 0.522 e. The van der Waals surface area contributed by atoms with Crippen molar-refractivity contribution in [3.8, 4) is 11.5 Å². The number of ether oxygens (including phenoxy) is 1. The number of nitrogens with two attached hydrogens (primary N) is 2. The number of carbonyl (C=O) groups is 3. The van der Waals surface area contributed by atoms with Crippen LogP contribution in [0, 0.1) is 0 Å². The molecule has 2 aliphatic rings. The van der Waals surface area contributed by atoms with Crippen LogP contribution in [-0.4, -0.2) is 68.7 Å². The molecule has 1 fully saturated rings. The summed E-state index contributed by atoms with van der Waals surface area (Å²) in [5, 5.41) is 19.4. The Morgan fingerprint density at radius 2 is 2.09 bits per heavy atom. The maximum absolute atomic E-state index is 12.6. The lowest BCUT2D eigenvalue weighted by Gasteiger charge is -2.40. The van der Waals surface area contributed by atoms with Crippen molar-refractivity contribution in [2.24, 2.45) is 11.5 Å². The molecule has 168 valence electrons. The molecule has 1 aromatic heterocycles. The van der Waals surface area contributed by atoms with E-state index in [0.717, 1.165) is 0 Å². The van der Waals surface area contributed by atoms with Crippen molar-refractivity contribution in [3.63, 3.8) is 0 Å². The Morgan fingerprint density at radius 1 is 1.34 bits per heavy atom. The van der Waals surface area contributed by atoms with E-state index in [9.17, 15) is 24.5 Å². The van der Waals surface area contributed by atoms with Gasteiger partial charge in [0.15, 0.2) is 0 Å². The number of aromatic carboxylic acids is 1. The highest BCUT2D eigenvalue weighted by atomic mass is 16.5. The number of aromatic nitrogens is 2. The highest BCUT2D eigenvalue weighted by Gasteiger charge is 2.37.